The number of piperazine rings is 1. The van der Waals surface area contributed by atoms with Crippen LogP contribution in [0.5, 0.6) is 0 Å². The number of nitrogens with zero attached hydrogens (tertiary/aromatic N) is 2. The summed E-state index contributed by atoms with van der Waals surface area (Å²) in [5, 5.41) is 2.93. The SMILES string of the molecule is CN1CCN(CCCNC(=O)C2(N)CCOC2)CC1. The Morgan fingerprint density at radius 3 is 2.74 bits per heavy atom. The van der Waals surface area contributed by atoms with Crippen molar-refractivity contribution >= 4 is 5.91 Å². The second kappa shape index (κ2) is 6.65. The minimum atomic E-state index is -0.798. The number of ether oxygens (including phenoxy) is 1. The summed E-state index contributed by atoms with van der Waals surface area (Å²) in [7, 11) is 2.15. The molecule has 6 heteroatoms. The van der Waals surface area contributed by atoms with Gasteiger partial charge in [0.15, 0.2) is 0 Å². The summed E-state index contributed by atoms with van der Waals surface area (Å²) in [5.41, 5.74) is 5.19. The molecule has 2 aliphatic rings. The second-order valence-corrected chi connectivity index (χ2v) is 5.71. The largest absolute Gasteiger partial charge is 0.379 e. The number of carbonyl (C=O) groups is 1. The molecule has 0 aromatic carbocycles. The number of nitrogens with one attached hydrogen (secondary N) is 1. The fraction of sp³-hybridized carbons (Fsp3) is 0.923. The zero-order valence-electron chi connectivity index (χ0n) is 11.9. The summed E-state index contributed by atoms with van der Waals surface area (Å²) in [4.78, 5) is 16.7. The number of likely N-dealkylation sites (N-methyl/N-ethyl adjacent to an activating group) is 1. The molecule has 2 fully saturated rings. The summed E-state index contributed by atoms with van der Waals surface area (Å²) in [6.45, 7) is 7.19. The van der Waals surface area contributed by atoms with Gasteiger partial charge in [0.05, 0.1) is 6.61 Å². The zero-order chi connectivity index (χ0) is 13.7. The first kappa shape index (κ1) is 14.7. The van der Waals surface area contributed by atoms with E-state index >= 15 is 0 Å². The lowest BCUT2D eigenvalue weighted by atomic mass is 9.99. The summed E-state index contributed by atoms with van der Waals surface area (Å²) in [6, 6.07) is 0. The first-order valence-electron chi connectivity index (χ1n) is 7.16. The third kappa shape index (κ3) is 4.14. The van der Waals surface area contributed by atoms with E-state index < -0.39 is 5.54 Å². The van der Waals surface area contributed by atoms with Crippen molar-refractivity contribution in [2.45, 2.75) is 18.4 Å². The molecule has 2 rings (SSSR count). The van der Waals surface area contributed by atoms with E-state index in [4.69, 9.17) is 10.5 Å². The molecule has 1 amide bonds. The molecular formula is C13H26N4O2. The van der Waals surface area contributed by atoms with Gasteiger partial charge in [-0.1, -0.05) is 0 Å². The molecular weight excluding hydrogens is 244 g/mol. The number of rotatable bonds is 5. The molecule has 0 saturated carbocycles. The third-order valence-electron chi connectivity index (χ3n) is 4.04. The second-order valence-electron chi connectivity index (χ2n) is 5.71. The lowest BCUT2D eigenvalue weighted by molar-refractivity contribution is -0.126. The van der Waals surface area contributed by atoms with Crippen LogP contribution in [0.1, 0.15) is 12.8 Å². The Morgan fingerprint density at radius 1 is 1.37 bits per heavy atom. The van der Waals surface area contributed by atoms with Gasteiger partial charge in [-0.3, -0.25) is 4.79 Å². The van der Waals surface area contributed by atoms with Crippen LogP contribution in [-0.4, -0.2) is 80.8 Å². The first-order chi connectivity index (χ1) is 9.10. The van der Waals surface area contributed by atoms with E-state index in [9.17, 15) is 4.79 Å². The third-order valence-corrected chi connectivity index (χ3v) is 4.04. The highest BCUT2D eigenvalue weighted by Gasteiger charge is 2.37. The normalized spacial score (nSPS) is 29.6. The quantitative estimate of drug-likeness (QED) is 0.618. The topological polar surface area (TPSA) is 70.8 Å². The fourth-order valence-electron chi connectivity index (χ4n) is 2.51. The minimum absolute atomic E-state index is 0.0663. The number of carbonyl (C=O) groups excluding carboxylic acids is 1. The molecule has 6 nitrogen and oxygen atoms in total. The fourth-order valence-corrected chi connectivity index (χ4v) is 2.51. The molecule has 2 saturated heterocycles. The molecule has 0 spiro atoms. The van der Waals surface area contributed by atoms with Crippen molar-refractivity contribution in [3.63, 3.8) is 0 Å². The van der Waals surface area contributed by atoms with Crippen molar-refractivity contribution in [3.05, 3.63) is 0 Å². The molecule has 0 aromatic heterocycles. The van der Waals surface area contributed by atoms with E-state index in [1.54, 1.807) is 0 Å². The Bertz CT molecular complexity index is 297. The maximum Gasteiger partial charge on any atom is 0.242 e. The molecule has 2 aliphatic heterocycles. The van der Waals surface area contributed by atoms with Crippen molar-refractivity contribution in [3.8, 4) is 0 Å². The maximum atomic E-state index is 11.9. The minimum Gasteiger partial charge on any atom is -0.379 e. The first-order valence-corrected chi connectivity index (χ1v) is 7.16. The van der Waals surface area contributed by atoms with Crippen molar-refractivity contribution in [2.24, 2.45) is 5.73 Å². The highest BCUT2D eigenvalue weighted by atomic mass is 16.5. The van der Waals surface area contributed by atoms with Gasteiger partial charge >= 0.3 is 0 Å². The van der Waals surface area contributed by atoms with Crippen LogP contribution in [0, 0.1) is 0 Å². The van der Waals surface area contributed by atoms with E-state index in [1.807, 2.05) is 0 Å². The maximum absolute atomic E-state index is 11.9. The van der Waals surface area contributed by atoms with Gasteiger partial charge in [0, 0.05) is 39.3 Å². The van der Waals surface area contributed by atoms with E-state index in [0.717, 1.165) is 39.1 Å². The summed E-state index contributed by atoms with van der Waals surface area (Å²) < 4.78 is 5.19. The monoisotopic (exact) mass is 270 g/mol. The summed E-state index contributed by atoms with van der Waals surface area (Å²) in [6.07, 6.45) is 1.60. The van der Waals surface area contributed by atoms with Gasteiger partial charge in [-0.25, -0.2) is 0 Å². The van der Waals surface area contributed by atoms with Crippen LogP contribution in [0.15, 0.2) is 0 Å². The average Bonchev–Trinajstić information content (AvgIpc) is 2.85. The summed E-state index contributed by atoms with van der Waals surface area (Å²) in [5.74, 6) is -0.0663. The van der Waals surface area contributed by atoms with Gasteiger partial charge in [0.25, 0.3) is 0 Å². The zero-order valence-corrected chi connectivity index (χ0v) is 11.9. The molecule has 0 aliphatic carbocycles. The molecule has 0 radical (unpaired) electrons. The van der Waals surface area contributed by atoms with Gasteiger partial charge in [-0.2, -0.15) is 0 Å². The van der Waals surface area contributed by atoms with Crippen LogP contribution in [-0.2, 0) is 9.53 Å². The Morgan fingerprint density at radius 2 is 2.11 bits per heavy atom. The standard InChI is InChI=1S/C13H26N4O2/c1-16-6-8-17(9-7-16)5-2-4-15-12(18)13(14)3-10-19-11-13/h2-11,14H2,1H3,(H,15,18). The van der Waals surface area contributed by atoms with Crippen LogP contribution < -0.4 is 11.1 Å². The number of nitrogens with two attached hydrogens (primary N) is 1. The molecule has 1 unspecified atom stereocenters. The van der Waals surface area contributed by atoms with Crippen LogP contribution >= 0.6 is 0 Å². The predicted octanol–water partition coefficient (Wildman–Crippen LogP) is -1.14. The van der Waals surface area contributed by atoms with E-state index in [0.29, 0.717) is 26.2 Å². The van der Waals surface area contributed by atoms with Crippen molar-refractivity contribution in [2.75, 3.05) is 59.5 Å². The molecule has 2 heterocycles. The van der Waals surface area contributed by atoms with Gasteiger partial charge in [0.2, 0.25) is 5.91 Å². The Labute approximate surface area is 115 Å². The predicted molar refractivity (Wildman–Crippen MR) is 73.9 cm³/mol. The molecule has 0 bridgehead atoms. The van der Waals surface area contributed by atoms with Crippen molar-refractivity contribution < 1.29 is 9.53 Å². The van der Waals surface area contributed by atoms with E-state index in [2.05, 4.69) is 22.2 Å². The average molecular weight is 270 g/mol. The van der Waals surface area contributed by atoms with E-state index in [-0.39, 0.29) is 5.91 Å². The van der Waals surface area contributed by atoms with Gasteiger partial charge in [-0.15, -0.1) is 0 Å². The van der Waals surface area contributed by atoms with Crippen molar-refractivity contribution in [1.29, 1.82) is 0 Å². The van der Waals surface area contributed by atoms with Gasteiger partial charge in [-0.05, 0) is 26.4 Å². The molecule has 19 heavy (non-hydrogen) atoms. The Hall–Kier alpha value is -0.690. The highest BCUT2D eigenvalue weighted by Crippen LogP contribution is 2.15. The van der Waals surface area contributed by atoms with Crippen LogP contribution in [0.2, 0.25) is 0 Å². The van der Waals surface area contributed by atoms with Gasteiger partial charge < -0.3 is 25.6 Å². The van der Waals surface area contributed by atoms with Gasteiger partial charge in [0.1, 0.15) is 5.54 Å². The molecule has 3 N–H and O–H groups in total. The van der Waals surface area contributed by atoms with Crippen LogP contribution in [0.3, 0.4) is 0 Å². The number of hydrogen-bond donors (Lipinski definition) is 2. The highest BCUT2D eigenvalue weighted by molar-refractivity contribution is 5.86. The lowest BCUT2D eigenvalue weighted by Crippen LogP contribution is -2.54. The number of hydrogen-bond acceptors (Lipinski definition) is 5. The molecule has 0 aromatic rings. The number of amides is 1. The lowest BCUT2D eigenvalue weighted by Gasteiger charge is -2.32. The Balaban J connectivity index is 1.58. The van der Waals surface area contributed by atoms with Crippen LogP contribution in [0.4, 0.5) is 0 Å². The van der Waals surface area contributed by atoms with Crippen molar-refractivity contribution in [1.82, 2.24) is 15.1 Å². The Kier molecular flexibility index (Phi) is 5.15. The van der Waals surface area contributed by atoms with Crippen LogP contribution in [0.25, 0.3) is 0 Å². The molecule has 1 atom stereocenters. The smallest absolute Gasteiger partial charge is 0.242 e. The van der Waals surface area contributed by atoms with E-state index in [1.165, 1.54) is 0 Å². The molecule has 110 valence electrons. The summed E-state index contributed by atoms with van der Waals surface area (Å²) >= 11 is 0.